The van der Waals surface area contributed by atoms with Crippen molar-refractivity contribution < 1.29 is 8.42 Å². The molecule has 2 N–H and O–H groups in total. The van der Waals surface area contributed by atoms with E-state index in [1.165, 1.54) is 0 Å². The van der Waals surface area contributed by atoms with Crippen LogP contribution >= 0.6 is 0 Å². The number of rotatable bonds is 6. The zero-order valence-electron chi connectivity index (χ0n) is 13.5. The monoisotopic (exact) mass is 337 g/mol. The van der Waals surface area contributed by atoms with Gasteiger partial charge in [-0.2, -0.15) is 0 Å². The normalized spacial score (nSPS) is 21.8. The van der Waals surface area contributed by atoms with E-state index in [-0.39, 0.29) is 17.8 Å². The first-order valence-electron chi connectivity index (χ1n) is 8.01. The first-order chi connectivity index (χ1) is 11.0. The molecule has 1 aliphatic carbocycles. The minimum absolute atomic E-state index is 0.0163. The molecule has 1 fully saturated rings. The predicted octanol–water partition coefficient (Wildman–Crippen LogP) is 1.64. The summed E-state index contributed by atoms with van der Waals surface area (Å²) >= 11 is 0. The summed E-state index contributed by atoms with van der Waals surface area (Å²) in [5, 5.41) is 0.991. The first kappa shape index (κ1) is 16.2. The van der Waals surface area contributed by atoms with Gasteiger partial charge in [0.15, 0.2) is 0 Å². The summed E-state index contributed by atoms with van der Waals surface area (Å²) in [6, 6.07) is 2.26. The van der Waals surface area contributed by atoms with Gasteiger partial charge in [0.05, 0.1) is 11.1 Å². The van der Waals surface area contributed by atoms with Gasteiger partial charge >= 0.3 is 0 Å². The third-order valence-corrected chi connectivity index (χ3v) is 6.08. The predicted molar refractivity (Wildman–Crippen MR) is 90.9 cm³/mol. The molecule has 2 unspecified atom stereocenters. The number of fused-ring (bicyclic) bond motifs is 1. The highest BCUT2D eigenvalue weighted by molar-refractivity contribution is 7.89. The molecule has 3 rings (SSSR count). The molecule has 23 heavy (non-hydrogen) atoms. The molecule has 1 aliphatic rings. The van der Waals surface area contributed by atoms with Crippen molar-refractivity contribution in [2.24, 2.45) is 0 Å². The maximum atomic E-state index is 11.9. The molecule has 0 amide bonds. The molecule has 2 heterocycles. The summed E-state index contributed by atoms with van der Waals surface area (Å²) in [5.41, 5.74) is 0.819. The molecular weight excluding hydrogens is 314 g/mol. The van der Waals surface area contributed by atoms with Crippen LogP contribution in [0.15, 0.2) is 18.6 Å². The van der Waals surface area contributed by atoms with Crippen molar-refractivity contribution in [1.82, 2.24) is 19.7 Å². The Morgan fingerprint density at radius 3 is 3.00 bits per heavy atom. The molecule has 2 atom stereocenters. The van der Waals surface area contributed by atoms with Crippen LogP contribution in [0.25, 0.3) is 11.0 Å². The molecule has 0 bridgehead atoms. The van der Waals surface area contributed by atoms with Crippen molar-refractivity contribution in [3.8, 4) is 0 Å². The Kier molecular flexibility index (Phi) is 4.54. The highest BCUT2D eigenvalue weighted by atomic mass is 32.2. The van der Waals surface area contributed by atoms with Gasteiger partial charge in [0.25, 0.3) is 0 Å². The lowest BCUT2D eigenvalue weighted by Gasteiger charge is -2.26. The third kappa shape index (κ3) is 3.48. The standard InChI is InChI=1S/C15H23N5O2S/c1-3-8-23(21,22)19-11-4-5-12(9-11)20(2)15-13-6-7-16-14(13)17-10-18-15/h6-7,10-12,19H,3-5,8-9H2,1-2H3,(H,16,17,18). The quantitative estimate of drug-likeness (QED) is 0.836. The average Bonchev–Trinajstić information content (AvgIpc) is 3.14. The molecule has 1 saturated carbocycles. The van der Waals surface area contributed by atoms with Gasteiger partial charge in [-0.1, -0.05) is 6.92 Å². The van der Waals surface area contributed by atoms with Crippen molar-refractivity contribution >= 4 is 26.9 Å². The fourth-order valence-electron chi connectivity index (χ4n) is 3.31. The summed E-state index contributed by atoms with van der Waals surface area (Å²) in [6.07, 6.45) is 6.66. The van der Waals surface area contributed by atoms with Crippen LogP contribution in [0.1, 0.15) is 32.6 Å². The van der Waals surface area contributed by atoms with Crippen LogP contribution in [-0.2, 0) is 10.0 Å². The summed E-state index contributed by atoms with van der Waals surface area (Å²) in [6.45, 7) is 1.88. The van der Waals surface area contributed by atoms with E-state index in [4.69, 9.17) is 0 Å². The van der Waals surface area contributed by atoms with Crippen molar-refractivity contribution in [2.75, 3.05) is 17.7 Å². The first-order valence-corrected chi connectivity index (χ1v) is 9.66. The number of hydrogen-bond donors (Lipinski definition) is 2. The minimum atomic E-state index is -3.15. The topological polar surface area (TPSA) is 91.0 Å². The highest BCUT2D eigenvalue weighted by Crippen LogP contribution is 2.30. The van der Waals surface area contributed by atoms with Crippen LogP contribution in [0.2, 0.25) is 0 Å². The fourth-order valence-corrected chi connectivity index (χ4v) is 4.69. The van der Waals surface area contributed by atoms with E-state index in [0.717, 1.165) is 36.1 Å². The maximum Gasteiger partial charge on any atom is 0.211 e. The number of H-pyrrole nitrogens is 1. The molecule has 8 heteroatoms. The van der Waals surface area contributed by atoms with Gasteiger partial charge in [0.1, 0.15) is 17.8 Å². The number of aromatic nitrogens is 3. The van der Waals surface area contributed by atoms with Crippen molar-refractivity contribution in [3.63, 3.8) is 0 Å². The average molecular weight is 337 g/mol. The Balaban J connectivity index is 1.70. The van der Waals surface area contributed by atoms with Gasteiger partial charge in [-0.25, -0.2) is 23.1 Å². The molecule has 7 nitrogen and oxygen atoms in total. The smallest absolute Gasteiger partial charge is 0.211 e. The SMILES string of the molecule is CCCS(=O)(=O)NC1CCC(N(C)c2ncnc3[nH]ccc23)C1. The van der Waals surface area contributed by atoms with E-state index < -0.39 is 10.0 Å². The molecule has 126 valence electrons. The van der Waals surface area contributed by atoms with E-state index in [9.17, 15) is 8.42 Å². The molecule has 0 saturated heterocycles. The van der Waals surface area contributed by atoms with Crippen LogP contribution in [0.5, 0.6) is 0 Å². The minimum Gasteiger partial charge on any atom is -0.356 e. The summed E-state index contributed by atoms with van der Waals surface area (Å²) in [4.78, 5) is 13.9. The lowest BCUT2D eigenvalue weighted by molar-refractivity contribution is 0.545. The van der Waals surface area contributed by atoms with E-state index >= 15 is 0 Å². The number of sulfonamides is 1. The Bertz CT molecular complexity index is 773. The summed E-state index contributed by atoms with van der Waals surface area (Å²) in [5.74, 6) is 1.08. The number of aromatic amines is 1. The van der Waals surface area contributed by atoms with Crippen LogP contribution in [0.4, 0.5) is 5.82 Å². The number of nitrogens with zero attached hydrogens (tertiary/aromatic N) is 3. The maximum absolute atomic E-state index is 11.9. The molecular formula is C15H23N5O2S. The lowest BCUT2D eigenvalue weighted by Crippen LogP contribution is -2.37. The van der Waals surface area contributed by atoms with Gasteiger partial charge in [0, 0.05) is 25.3 Å². The van der Waals surface area contributed by atoms with E-state index in [0.29, 0.717) is 6.42 Å². The lowest BCUT2D eigenvalue weighted by atomic mass is 10.2. The second kappa shape index (κ2) is 6.45. The number of hydrogen-bond acceptors (Lipinski definition) is 5. The number of nitrogens with one attached hydrogen (secondary N) is 2. The van der Waals surface area contributed by atoms with Crippen molar-refractivity contribution in [3.05, 3.63) is 18.6 Å². The Morgan fingerprint density at radius 2 is 2.22 bits per heavy atom. The second-order valence-electron chi connectivity index (χ2n) is 6.15. The van der Waals surface area contributed by atoms with Gasteiger partial charge in [-0.15, -0.1) is 0 Å². The summed E-state index contributed by atoms with van der Waals surface area (Å²) in [7, 11) is -1.14. The van der Waals surface area contributed by atoms with E-state index in [1.807, 2.05) is 26.2 Å². The van der Waals surface area contributed by atoms with Crippen molar-refractivity contribution in [2.45, 2.75) is 44.7 Å². The van der Waals surface area contributed by atoms with Crippen LogP contribution in [0.3, 0.4) is 0 Å². The summed E-state index contributed by atoms with van der Waals surface area (Å²) < 4.78 is 26.7. The van der Waals surface area contributed by atoms with Crippen LogP contribution < -0.4 is 9.62 Å². The molecule has 0 aliphatic heterocycles. The Hall–Kier alpha value is -1.67. The highest BCUT2D eigenvalue weighted by Gasteiger charge is 2.31. The molecule has 2 aromatic rings. The Labute approximate surface area is 136 Å². The van der Waals surface area contributed by atoms with Crippen LogP contribution in [-0.4, -0.2) is 48.3 Å². The zero-order valence-corrected chi connectivity index (χ0v) is 14.3. The van der Waals surface area contributed by atoms with Crippen molar-refractivity contribution in [1.29, 1.82) is 0 Å². The van der Waals surface area contributed by atoms with Gasteiger partial charge < -0.3 is 9.88 Å². The largest absolute Gasteiger partial charge is 0.356 e. The van der Waals surface area contributed by atoms with E-state index in [2.05, 4.69) is 24.6 Å². The number of anilines is 1. The van der Waals surface area contributed by atoms with Gasteiger partial charge in [0.2, 0.25) is 10.0 Å². The Morgan fingerprint density at radius 1 is 1.39 bits per heavy atom. The van der Waals surface area contributed by atoms with Crippen LogP contribution in [0, 0.1) is 0 Å². The van der Waals surface area contributed by atoms with Gasteiger partial charge in [-0.05, 0) is 31.7 Å². The second-order valence-corrected chi connectivity index (χ2v) is 8.02. The fraction of sp³-hybridized carbons (Fsp3) is 0.600. The molecule has 0 spiro atoms. The van der Waals surface area contributed by atoms with Gasteiger partial charge in [-0.3, -0.25) is 0 Å². The molecule has 0 radical (unpaired) electrons. The van der Waals surface area contributed by atoms with E-state index in [1.54, 1.807) is 6.33 Å². The molecule has 2 aromatic heterocycles. The third-order valence-electron chi connectivity index (χ3n) is 4.44. The zero-order chi connectivity index (χ0) is 16.4. The molecule has 0 aromatic carbocycles.